The van der Waals surface area contributed by atoms with Crippen LogP contribution in [-0.2, 0) is 9.59 Å². The zero-order chi connectivity index (χ0) is 11.0. The number of carbonyl (C=O) groups is 2. The number of carboxylic acid groups (broad SMARTS) is 1. The number of carbonyl (C=O) groups excluding carboxylic acids is 1. The lowest BCUT2D eigenvalue weighted by molar-refractivity contribution is -0.141. The number of carboxylic acids is 1. The number of ketones is 1. The number of hydrogen-bond acceptors (Lipinski definition) is 3. The number of halogens is 1. The Morgan fingerprint density at radius 1 is 1.47 bits per heavy atom. The van der Waals surface area contributed by atoms with Crippen molar-refractivity contribution in [2.24, 2.45) is 4.99 Å². The van der Waals surface area contributed by atoms with Crippen LogP contribution in [0.5, 0.6) is 0 Å². The molecule has 1 unspecified atom stereocenters. The molecule has 1 aromatic rings. The van der Waals surface area contributed by atoms with Crippen LogP contribution in [0.3, 0.4) is 0 Å². The van der Waals surface area contributed by atoms with Gasteiger partial charge in [-0.3, -0.25) is 14.6 Å². The second kappa shape index (κ2) is 3.47. The Labute approximate surface area is 90.2 Å². The number of benzene rings is 1. The van der Waals surface area contributed by atoms with E-state index >= 15 is 0 Å². The first-order valence-corrected chi connectivity index (χ1v) is 4.57. The SMILES string of the molecule is O=C(O)C1C(=O)C=Nc2ccc(Cl)cc21. The maximum atomic E-state index is 11.3. The van der Waals surface area contributed by atoms with Gasteiger partial charge in [0.1, 0.15) is 5.92 Å². The summed E-state index contributed by atoms with van der Waals surface area (Å²) in [6.45, 7) is 0. The Balaban J connectivity index is 2.62. The van der Waals surface area contributed by atoms with Gasteiger partial charge in [-0.25, -0.2) is 0 Å². The summed E-state index contributed by atoms with van der Waals surface area (Å²) in [6.07, 6.45) is 1.04. The summed E-state index contributed by atoms with van der Waals surface area (Å²) in [6, 6.07) is 4.66. The molecule has 1 atom stereocenters. The lowest BCUT2D eigenvalue weighted by Crippen LogP contribution is -2.24. The van der Waals surface area contributed by atoms with Crippen molar-refractivity contribution in [1.82, 2.24) is 0 Å². The van der Waals surface area contributed by atoms with Gasteiger partial charge in [-0.2, -0.15) is 0 Å². The van der Waals surface area contributed by atoms with E-state index in [1.165, 1.54) is 6.07 Å². The Kier molecular flexibility index (Phi) is 2.28. The molecule has 0 bridgehead atoms. The number of aliphatic carboxylic acids is 1. The van der Waals surface area contributed by atoms with E-state index in [4.69, 9.17) is 16.7 Å². The number of nitrogens with zero attached hydrogens (tertiary/aromatic N) is 1. The Hall–Kier alpha value is -1.68. The van der Waals surface area contributed by atoms with Crippen LogP contribution in [0.4, 0.5) is 5.69 Å². The third-order valence-corrected chi connectivity index (χ3v) is 2.40. The maximum absolute atomic E-state index is 11.3. The highest BCUT2D eigenvalue weighted by Crippen LogP contribution is 2.33. The topological polar surface area (TPSA) is 66.7 Å². The Morgan fingerprint density at radius 2 is 2.20 bits per heavy atom. The molecule has 1 heterocycles. The molecule has 0 radical (unpaired) electrons. The number of Topliss-reactive ketones (excluding diaryl/α,β-unsaturated/α-hetero) is 1. The summed E-state index contributed by atoms with van der Waals surface area (Å²) < 4.78 is 0. The summed E-state index contributed by atoms with van der Waals surface area (Å²) in [7, 11) is 0. The van der Waals surface area contributed by atoms with Crippen molar-refractivity contribution < 1.29 is 14.7 Å². The molecular weight excluding hydrogens is 218 g/mol. The number of aliphatic imine (C=N–C) groups is 1. The van der Waals surface area contributed by atoms with Gasteiger partial charge < -0.3 is 5.11 Å². The minimum atomic E-state index is -1.19. The summed E-state index contributed by atoms with van der Waals surface area (Å²) >= 11 is 5.74. The first kappa shape index (κ1) is 9.86. The third-order valence-electron chi connectivity index (χ3n) is 2.16. The lowest BCUT2D eigenvalue weighted by Gasteiger charge is -2.15. The Bertz CT molecular complexity index is 482. The third kappa shape index (κ3) is 1.64. The van der Waals surface area contributed by atoms with Crippen LogP contribution in [0.25, 0.3) is 0 Å². The molecule has 76 valence electrons. The molecule has 0 aromatic heterocycles. The zero-order valence-corrected chi connectivity index (χ0v) is 8.23. The smallest absolute Gasteiger partial charge is 0.319 e. The summed E-state index contributed by atoms with van der Waals surface area (Å²) in [5.41, 5.74) is 0.828. The molecule has 0 fully saturated rings. The second-order valence-corrected chi connectivity index (χ2v) is 3.57. The van der Waals surface area contributed by atoms with Crippen LogP contribution >= 0.6 is 11.6 Å². The van der Waals surface area contributed by atoms with Gasteiger partial charge in [0.15, 0.2) is 5.78 Å². The van der Waals surface area contributed by atoms with E-state index in [2.05, 4.69) is 4.99 Å². The highest BCUT2D eigenvalue weighted by molar-refractivity contribution is 6.37. The van der Waals surface area contributed by atoms with Gasteiger partial charge in [0.25, 0.3) is 0 Å². The van der Waals surface area contributed by atoms with Crippen molar-refractivity contribution in [1.29, 1.82) is 0 Å². The van der Waals surface area contributed by atoms with Crippen LogP contribution in [0, 0.1) is 0 Å². The van der Waals surface area contributed by atoms with Gasteiger partial charge >= 0.3 is 5.97 Å². The number of hydrogen-bond donors (Lipinski definition) is 1. The van der Waals surface area contributed by atoms with Gasteiger partial charge in [-0.15, -0.1) is 0 Å². The maximum Gasteiger partial charge on any atom is 0.319 e. The van der Waals surface area contributed by atoms with Crippen LogP contribution in [0.2, 0.25) is 5.02 Å². The van der Waals surface area contributed by atoms with Gasteiger partial charge in [-0.05, 0) is 18.2 Å². The molecule has 0 saturated heterocycles. The minimum absolute atomic E-state index is 0.350. The van der Waals surface area contributed by atoms with Crippen LogP contribution < -0.4 is 0 Å². The van der Waals surface area contributed by atoms with Gasteiger partial charge in [0, 0.05) is 10.6 Å². The molecule has 1 aliphatic rings. The monoisotopic (exact) mass is 223 g/mol. The highest BCUT2D eigenvalue weighted by Gasteiger charge is 2.31. The summed E-state index contributed by atoms with van der Waals surface area (Å²) in [5, 5.41) is 9.31. The van der Waals surface area contributed by atoms with Gasteiger partial charge in [0.2, 0.25) is 0 Å². The van der Waals surface area contributed by atoms with Crippen molar-refractivity contribution in [3.05, 3.63) is 28.8 Å². The van der Waals surface area contributed by atoms with Crippen LogP contribution in [0.15, 0.2) is 23.2 Å². The second-order valence-electron chi connectivity index (χ2n) is 3.13. The van der Waals surface area contributed by atoms with E-state index in [1.807, 2.05) is 0 Å². The first-order chi connectivity index (χ1) is 7.09. The van der Waals surface area contributed by atoms with E-state index < -0.39 is 17.7 Å². The average molecular weight is 224 g/mol. The van der Waals surface area contributed by atoms with Crippen LogP contribution in [-0.4, -0.2) is 23.1 Å². The molecule has 0 spiro atoms. The van der Waals surface area contributed by atoms with Crippen molar-refractivity contribution in [3.8, 4) is 0 Å². The lowest BCUT2D eigenvalue weighted by atomic mass is 9.92. The summed E-state index contributed by atoms with van der Waals surface area (Å²) in [4.78, 5) is 26.1. The normalized spacial score (nSPS) is 18.7. The number of fused-ring (bicyclic) bond motifs is 1. The van der Waals surface area contributed by atoms with Crippen molar-refractivity contribution in [3.63, 3.8) is 0 Å². The van der Waals surface area contributed by atoms with Gasteiger partial charge in [-0.1, -0.05) is 11.6 Å². The highest BCUT2D eigenvalue weighted by atomic mass is 35.5. The summed E-state index contributed by atoms with van der Waals surface area (Å²) in [5.74, 6) is -2.90. The standard InChI is InChI=1S/C10H6ClNO3/c11-5-1-2-7-6(3-5)9(10(14)15)8(13)4-12-7/h1-4,9H,(H,14,15). The fraction of sp³-hybridized carbons (Fsp3) is 0.100. The number of rotatable bonds is 1. The van der Waals surface area contributed by atoms with E-state index in [0.717, 1.165) is 6.21 Å². The minimum Gasteiger partial charge on any atom is -0.480 e. The predicted molar refractivity (Wildman–Crippen MR) is 55.0 cm³/mol. The molecule has 4 nitrogen and oxygen atoms in total. The predicted octanol–water partition coefficient (Wildman–Crippen LogP) is 1.79. The van der Waals surface area contributed by atoms with Crippen molar-refractivity contribution in [2.75, 3.05) is 0 Å². The fourth-order valence-corrected chi connectivity index (χ4v) is 1.67. The van der Waals surface area contributed by atoms with Crippen molar-refractivity contribution >= 4 is 35.3 Å². The molecule has 1 aromatic carbocycles. The van der Waals surface area contributed by atoms with Crippen molar-refractivity contribution in [2.45, 2.75) is 5.92 Å². The average Bonchev–Trinajstić information content (AvgIpc) is 2.16. The molecule has 0 aliphatic carbocycles. The fourth-order valence-electron chi connectivity index (χ4n) is 1.49. The van der Waals surface area contributed by atoms with E-state index in [9.17, 15) is 9.59 Å². The molecule has 0 saturated carbocycles. The molecule has 5 heteroatoms. The largest absolute Gasteiger partial charge is 0.480 e. The van der Waals surface area contributed by atoms with E-state index in [0.29, 0.717) is 16.3 Å². The molecule has 1 N–H and O–H groups in total. The quantitative estimate of drug-likeness (QED) is 0.738. The van der Waals surface area contributed by atoms with E-state index in [1.54, 1.807) is 12.1 Å². The molecule has 1 aliphatic heterocycles. The molecule has 0 amide bonds. The van der Waals surface area contributed by atoms with E-state index in [-0.39, 0.29) is 0 Å². The first-order valence-electron chi connectivity index (χ1n) is 4.20. The molecular formula is C10H6ClNO3. The van der Waals surface area contributed by atoms with Crippen LogP contribution in [0.1, 0.15) is 11.5 Å². The molecule has 2 rings (SSSR count). The zero-order valence-electron chi connectivity index (χ0n) is 7.48. The molecule has 15 heavy (non-hydrogen) atoms. The Morgan fingerprint density at radius 3 is 2.87 bits per heavy atom. The van der Waals surface area contributed by atoms with Gasteiger partial charge in [0.05, 0.1) is 11.9 Å².